The molecule has 1 aromatic rings. The first-order valence-electron chi connectivity index (χ1n) is 6.79. The maximum atomic E-state index is 12.1. The summed E-state index contributed by atoms with van der Waals surface area (Å²) in [5.74, 6) is -0.647. The fourth-order valence-corrected chi connectivity index (χ4v) is 1.93. The van der Waals surface area contributed by atoms with Gasteiger partial charge in [-0.1, -0.05) is 12.1 Å². The van der Waals surface area contributed by atoms with Crippen LogP contribution in [0.5, 0.6) is 0 Å². The van der Waals surface area contributed by atoms with E-state index in [2.05, 4.69) is 5.32 Å². The van der Waals surface area contributed by atoms with Gasteiger partial charge in [-0.05, 0) is 31.0 Å². The summed E-state index contributed by atoms with van der Waals surface area (Å²) in [6, 6.07) is 5.74. The van der Waals surface area contributed by atoms with Gasteiger partial charge in [-0.3, -0.25) is 14.5 Å². The number of amides is 2. The second-order valence-electron chi connectivity index (χ2n) is 4.97. The van der Waals surface area contributed by atoms with Crippen molar-refractivity contribution in [3.8, 4) is 0 Å². The van der Waals surface area contributed by atoms with Crippen LogP contribution in [0.1, 0.15) is 11.1 Å². The minimum atomic E-state index is -0.467. The Morgan fingerprint density at radius 2 is 2.00 bits per heavy atom. The van der Waals surface area contributed by atoms with E-state index in [4.69, 9.17) is 10.5 Å². The lowest BCUT2D eigenvalue weighted by atomic mass is 10.1. The Labute approximate surface area is 125 Å². The van der Waals surface area contributed by atoms with Crippen LogP contribution in [-0.2, 0) is 14.3 Å². The quantitative estimate of drug-likeness (QED) is 0.738. The maximum absolute atomic E-state index is 12.1. The Balaban J connectivity index is 2.64. The van der Waals surface area contributed by atoms with Gasteiger partial charge in [-0.15, -0.1) is 0 Å². The summed E-state index contributed by atoms with van der Waals surface area (Å²) in [6.07, 6.45) is 0. The molecule has 0 bridgehead atoms. The van der Waals surface area contributed by atoms with Crippen LogP contribution in [0.25, 0.3) is 0 Å². The summed E-state index contributed by atoms with van der Waals surface area (Å²) in [6.45, 7) is 4.98. The number of nitrogens with zero attached hydrogens (tertiary/aromatic N) is 1. The summed E-state index contributed by atoms with van der Waals surface area (Å²) in [5.41, 5.74) is 8.11. The van der Waals surface area contributed by atoms with Crippen LogP contribution < -0.4 is 11.1 Å². The third kappa shape index (κ3) is 5.93. The molecule has 0 saturated heterocycles. The molecule has 21 heavy (non-hydrogen) atoms. The van der Waals surface area contributed by atoms with Crippen LogP contribution >= 0.6 is 0 Å². The molecule has 3 N–H and O–H groups in total. The van der Waals surface area contributed by atoms with Gasteiger partial charge in [-0.25, -0.2) is 0 Å². The maximum Gasteiger partial charge on any atom is 0.238 e. The van der Waals surface area contributed by atoms with Gasteiger partial charge in [0.2, 0.25) is 11.8 Å². The van der Waals surface area contributed by atoms with E-state index in [-0.39, 0.29) is 19.0 Å². The molecule has 116 valence electrons. The molecule has 0 radical (unpaired) electrons. The summed E-state index contributed by atoms with van der Waals surface area (Å²) < 4.78 is 4.96. The van der Waals surface area contributed by atoms with Crippen molar-refractivity contribution in [1.29, 1.82) is 0 Å². The number of carbonyl (C=O) groups excluding carboxylic acids is 2. The van der Waals surface area contributed by atoms with E-state index in [0.717, 1.165) is 16.8 Å². The molecule has 0 aliphatic rings. The Bertz CT molecular complexity index is 503. The molecule has 0 unspecified atom stereocenters. The van der Waals surface area contributed by atoms with Crippen molar-refractivity contribution in [1.82, 2.24) is 4.90 Å². The van der Waals surface area contributed by atoms with Gasteiger partial charge >= 0.3 is 0 Å². The summed E-state index contributed by atoms with van der Waals surface area (Å²) >= 11 is 0. The smallest absolute Gasteiger partial charge is 0.238 e. The third-order valence-electron chi connectivity index (χ3n) is 3.24. The van der Waals surface area contributed by atoms with E-state index in [1.165, 1.54) is 0 Å². The van der Waals surface area contributed by atoms with Crippen molar-refractivity contribution in [2.45, 2.75) is 13.8 Å². The highest BCUT2D eigenvalue weighted by Crippen LogP contribution is 2.17. The van der Waals surface area contributed by atoms with Gasteiger partial charge in [-0.2, -0.15) is 0 Å². The first-order valence-corrected chi connectivity index (χ1v) is 6.79. The number of hydrogen-bond donors (Lipinski definition) is 2. The first-order chi connectivity index (χ1) is 9.93. The lowest BCUT2D eigenvalue weighted by molar-refractivity contribution is -0.121. The number of primary amides is 1. The average molecular weight is 293 g/mol. The van der Waals surface area contributed by atoms with Crippen molar-refractivity contribution in [3.05, 3.63) is 29.3 Å². The normalized spacial score (nSPS) is 10.7. The predicted molar refractivity (Wildman–Crippen MR) is 82.1 cm³/mol. The molecule has 1 aromatic carbocycles. The lowest BCUT2D eigenvalue weighted by Crippen LogP contribution is -2.40. The zero-order chi connectivity index (χ0) is 15.8. The zero-order valence-corrected chi connectivity index (χ0v) is 12.8. The van der Waals surface area contributed by atoms with Gasteiger partial charge in [0.25, 0.3) is 0 Å². The number of rotatable bonds is 8. The zero-order valence-electron chi connectivity index (χ0n) is 12.8. The highest BCUT2D eigenvalue weighted by molar-refractivity contribution is 5.93. The van der Waals surface area contributed by atoms with Crippen LogP contribution in [0.3, 0.4) is 0 Å². The Kier molecular flexibility index (Phi) is 6.84. The third-order valence-corrected chi connectivity index (χ3v) is 3.24. The topological polar surface area (TPSA) is 84.7 Å². The lowest BCUT2D eigenvalue weighted by Gasteiger charge is -2.20. The number of nitrogens with two attached hydrogens (primary N) is 1. The van der Waals surface area contributed by atoms with Crippen molar-refractivity contribution in [2.24, 2.45) is 5.73 Å². The van der Waals surface area contributed by atoms with Gasteiger partial charge < -0.3 is 15.8 Å². The molecular weight excluding hydrogens is 270 g/mol. The molecule has 6 heteroatoms. The molecule has 0 aromatic heterocycles. The van der Waals surface area contributed by atoms with Gasteiger partial charge in [0.05, 0.1) is 19.7 Å². The molecule has 0 atom stereocenters. The van der Waals surface area contributed by atoms with Crippen LogP contribution in [0, 0.1) is 13.8 Å². The number of methoxy groups -OCH3 is 1. The molecule has 6 nitrogen and oxygen atoms in total. The minimum Gasteiger partial charge on any atom is -0.383 e. The van der Waals surface area contributed by atoms with Crippen LogP contribution in [0.15, 0.2) is 18.2 Å². The number of aryl methyl sites for hydroxylation is 1. The molecule has 1 rings (SSSR count). The fourth-order valence-electron chi connectivity index (χ4n) is 1.93. The summed E-state index contributed by atoms with van der Waals surface area (Å²) in [7, 11) is 1.57. The Morgan fingerprint density at radius 3 is 2.62 bits per heavy atom. The van der Waals surface area contributed by atoms with E-state index < -0.39 is 5.91 Å². The minimum absolute atomic E-state index is 0.0313. The van der Waals surface area contributed by atoms with E-state index in [9.17, 15) is 9.59 Å². The second kappa shape index (κ2) is 8.39. The van der Waals surface area contributed by atoms with E-state index in [1.54, 1.807) is 12.0 Å². The highest BCUT2D eigenvalue weighted by Gasteiger charge is 2.14. The second-order valence-corrected chi connectivity index (χ2v) is 4.97. The largest absolute Gasteiger partial charge is 0.383 e. The van der Waals surface area contributed by atoms with Crippen LogP contribution in [-0.4, -0.2) is 50.1 Å². The molecule has 0 heterocycles. The first kappa shape index (κ1) is 17.1. The van der Waals surface area contributed by atoms with Crippen molar-refractivity contribution >= 4 is 17.5 Å². The number of carbonyl (C=O) groups is 2. The number of nitrogens with one attached hydrogen (secondary N) is 1. The van der Waals surface area contributed by atoms with Crippen LogP contribution in [0.4, 0.5) is 5.69 Å². The predicted octanol–water partition coefficient (Wildman–Crippen LogP) is 0.676. The number of anilines is 1. The van der Waals surface area contributed by atoms with Gasteiger partial charge in [0.15, 0.2) is 0 Å². The number of ether oxygens (including phenoxy) is 1. The SMILES string of the molecule is COCCN(CC(N)=O)CC(=O)Nc1cccc(C)c1C. The number of benzene rings is 1. The van der Waals surface area contributed by atoms with Gasteiger partial charge in [0, 0.05) is 19.3 Å². The van der Waals surface area contributed by atoms with E-state index >= 15 is 0 Å². The van der Waals surface area contributed by atoms with Crippen molar-refractivity contribution in [2.75, 3.05) is 38.7 Å². The van der Waals surface area contributed by atoms with E-state index in [0.29, 0.717) is 13.2 Å². The molecule has 0 fully saturated rings. The fraction of sp³-hybridized carbons (Fsp3) is 0.467. The summed E-state index contributed by atoms with van der Waals surface area (Å²) in [5, 5.41) is 2.86. The standard InChI is InChI=1S/C15H23N3O3/c1-11-5-4-6-13(12(11)2)17-15(20)10-18(7-8-21-3)9-14(16)19/h4-6H,7-10H2,1-3H3,(H2,16,19)(H,17,20). The molecule has 0 spiro atoms. The average Bonchev–Trinajstić information content (AvgIpc) is 2.40. The van der Waals surface area contributed by atoms with Gasteiger partial charge in [0.1, 0.15) is 0 Å². The molecule has 0 aliphatic carbocycles. The van der Waals surface area contributed by atoms with Crippen molar-refractivity contribution in [3.63, 3.8) is 0 Å². The molecule has 0 saturated carbocycles. The highest BCUT2D eigenvalue weighted by atomic mass is 16.5. The molecule has 2 amide bonds. The molecular formula is C15H23N3O3. The Morgan fingerprint density at radius 1 is 1.29 bits per heavy atom. The van der Waals surface area contributed by atoms with Crippen LogP contribution in [0.2, 0.25) is 0 Å². The monoisotopic (exact) mass is 293 g/mol. The van der Waals surface area contributed by atoms with Crippen molar-refractivity contribution < 1.29 is 14.3 Å². The number of hydrogen-bond acceptors (Lipinski definition) is 4. The Hall–Kier alpha value is -1.92. The molecule has 0 aliphatic heterocycles. The summed E-state index contributed by atoms with van der Waals surface area (Å²) in [4.78, 5) is 24.8. The van der Waals surface area contributed by atoms with E-state index in [1.807, 2.05) is 32.0 Å².